The summed E-state index contributed by atoms with van der Waals surface area (Å²) in [6.07, 6.45) is 0. The number of ether oxygens (including phenoxy) is 1. The Kier molecular flexibility index (Phi) is 3.65. The lowest BCUT2D eigenvalue weighted by Crippen LogP contribution is -2.17. The first-order chi connectivity index (χ1) is 9.49. The zero-order valence-electron chi connectivity index (χ0n) is 12.0. The van der Waals surface area contributed by atoms with Gasteiger partial charge in [-0.3, -0.25) is 0 Å². The molecule has 6 heteroatoms. The van der Waals surface area contributed by atoms with Crippen molar-refractivity contribution in [1.29, 1.82) is 0 Å². The van der Waals surface area contributed by atoms with Crippen molar-refractivity contribution in [3.05, 3.63) is 40.7 Å². The third-order valence-electron chi connectivity index (χ3n) is 3.47. The Morgan fingerprint density at radius 1 is 1.35 bits per heavy atom. The maximum atomic E-state index is 8.92. The summed E-state index contributed by atoms with van der Waals surface area (Å²) >= 11 is 0. The lowest BCUT2D eigenvalue weighted by Gasteiger charge is -2.12. The van der Waals surface area contributed by atoms with Gasteiger partial charge in [-0.15, -0.1) is 0 Å². The number of aryl methyl sites for hydroxylation is 1. The normalized spacial score (nSPS) is 11.7. The van der Waals surface area contributed by atoms with Crippen molar-refractivity contribution in [3.63, 3.8) is 0 Å². The summed E-state index contributed by atoms with van der Waals surface area (Å²) in [5, 5.41) is 16.5. The number of benzene rings is 1. The van der Waals surface area contributed by atoms with Gasteiger partial charge in [-0.2, -0.15) is 5.10 Å². The van der Waals surface area contributed by atoms with Gasteiger partial charge in [-0.05, 0) is 38.5 Å². The molecule has 0 unspecified atom stereocenters. The Labute approximate surface area is 117 Å². The van der Waals surface area contributed by atoms with Crippen molar-refractivity contribution in [2.45, 2.75) is 20.8 Å². The molecule has 1 aromatic carbocycles. The molecule has 2 aromatic rings. The molecule has 6 nitrogen and oxygen atoms in total. The fraction of sp³-hybridized carbons (Fsp3) is 0.286. The molecule has 0 saturated heterocycles. The van der Waals surface area contributed by atoms with Gasteiger partial charge >= 0.3 is 0 Å². The van der Waals surface area contributed by atoms with Gasteiger partial charge in [-0.1, -0.05) is 5.16 Å². The number of methoxy groups -OCH3 is 1. The van der Waals surface area contributed by atoms with Crippen LogP contribution in [-0.4, -0.2) is 27.9 Å². The Morgan fingerprint density at radius 2 is 2.05 bits per heavy atom. The van der Waals surface area contributed by atoms with Crippen molar-refractivity contribution >= 4 is 5.84 Å². The third kappa shape index (κ3) is 2.20. The summed E-state index contributed by atoms with van der Waals surface area (Å²) in [5.41, 5.74) is 10.1. The molecule has 0 saturated carbocycles. The summed E-state index contributed by atoms with van der Waals surface area (Å²) < 4.78 is 7.02. The minimum absolute atomic E-state index is 0.0351. The van der Waals surface area contributed by atoms with Crippen LogP contribution in [0.3, 0.4) is 0 Å². The van der Waals surface area contributed by atoms with Gasteiger partial charge < -0.3 is 15.7 Å². The average molecular weight is 274 g/mol. The fourth-order valence-electron chi connectivity index (χ4n) is 2.04. The smallest absolute Gasteiger partial charge is 0.172 e. The topological polar surface area (TPSA) is 85.7 Å². The SMILES string of the molecule is COc1ccc(/C(N)=N/O)c(-n2nc(C)c(C)c2C)c1. The van der Waals surface area contributed by atoms with Crippen LogP contribution in [0.15, 0.2) is 23.4 Å². The first-order valence-electron chi connectivity index (χ1n) is 6.18. The third-order valence-corrected chi connectivity index (χ3v) is 3.47. The number of amidine groups is 1. The van der Waals surface area contributed by atoms with E-state index in [1.807, 2.05) is 26.8 Å². The highest BCUT2D eigenvalue weighted by Crippen LogP contribution is 2.24. The molecule has 3 N–H and O–H groups in total. The van der Waals surface area contributed by atoms with Gasteiger partial charge in [0.15, 0.2) is 5.84 Å². The second-order valence-electron chi connectivity index (χ2n) is 4.58. The van der Waals surface area contributed by atoms with Gasteiger partial charge in [0.05, 0.1) is 18.5 Å². The molecule has 20 heavy (non-hydrogen) atoms. The van der Waals surface area contributed by atoms with Crippen LogP contribution in [0.25, 0.3) is 5.69 Å². The molecule has 0 amide bonds. The Hall–Kier alpha value is -2.50. The van der Waals surface area contributed by atoms with E-state index < -0.39 is 0 Å². The maximum absolute atomic E-state index is 8.92. The predicted octanol–water partition coefficient (Wildman–Crippen LogP) is 1.90. The van der Waals surface area contributed by atoms with E-state index in [0.717, 1.165) is 17.0 Å². The molecule has 1 heterocycles. The number of oxime groups is 1. The van der Waals surface area contributed by atoms with Crippen LogP contribution in [0.4, 0.5) is 0 Å². The Balaban J connectivity index is 2.73. The van der Waals surface area contributed by atoms with E-state index in [-0.39, 0.29) is 5.84 Å². The lowest BCUT2D eigenvalue weighted by atomic mass is 10.1. The molecule has 2 rings (SSSR count). The first-order valence-corrected chi connectivity index (χ1v) is 6.18. The molecule has 0 radical (unpaired) electrons. The molecule has 0 aliphatic heterocycles. The van der Waals surface area contributed by atoms with E-state index in [0.29, 0.717) is 17.0 Å². The molecule has 0 aliphatic rings. The monoisotopic (exact) mass is 274 g/mol. The second kappa shape index (κ2) is 5.24. The van der Waals surface area contributed by atoms with Crippen LogP contribution < -0.4 is 10.5 Å². The second-order valence-corrected chi connectivity index (χ2v) is 4.58. The highest BCUT2D eigenvalue weighted by molar-refractivity contribution is 6.00. The summed E-state index contributed by atoms with van der Waals surface area (Å²) in [5.74, 6) is 0.715. The number of aromatic nitrogens is 2. The van der Waals surface area contributed by atoms with Gasteiger partial charge in [0.2, 0.25) is 0 Å². The van der Waals surface area contributed by atoms with Crippen LogP contribution in [-0.2, 0) is 0 Å². The van der Waals surface area contributed by atoms with Crippen LogP contribution >= 0.6 is 0 Å². The Bertz CT molecular complexity index is 674. The van der Waals surface area contributed by atoms with E-state index in [9.17, 15) is 0 Å². The molecular formula is C14H18N4O2. The fourth-order valence-corrected chi connectivity index (χ4v) is 2.04. The highest BCUT2D eigenvalue weighted by Gasteiger charge is 2.15. The van der Waals surface area contributed by atoms with Gasteiger partial charge in [-0.25, -0.2) is 4.68 Å². The minimum Gasteiger partial charge on any atom is -0.497 e. The van der Waals surface area contributed by atoms with Gasteiger partial charge in [0.25, 0.3) is 0 Å². The standard InChI is InChI=1S/C14H18N4O2/c1-8-9(2)16-18(10(8)3)13-7-11(20-4)5-6-12(13)14(15)17-19/h5-7,19H,1-4H3,(H2,15,17). The molecule has 106 valence electrons. The van der Waals surface area contributed by atoms with Crippen LogP contribution in [0.5, 0.6) is 5.75 Å². The van der Waals surface area contributed by atoms with Crippen molar-refractivity contribution in [3.8, 4) is 11.4 Å². The van der Waals surface area contributed by atoms with Crippen molar-refractivity contribution in [2.75, 3.05) is 7.11 Å². The predicted molar refractivity (Wildman–Crippen MR) is 76.8 cm³/mol. The van der Waals surface area contributed by atoms with Crippen LogP contribution in [0.2, 0.25) is 0 Å². The van der Waals surface area contributed by atoms with Crippen LogP contribution in [0, 0.1) is 20.8 Å². The summed E-state index contributed by atoms with van der Waals surface area (Å²) in [7, 11) is 1.59. The number of nitrogens with zero attached hydrogens (tertiary/aromatic N) is 3. The summed E-state index contributed by atoms with van der Waals surface area (Å²) in [6.45, 7) is 5.94. The maximum Gasteiger partial charge on any atom is 0.172 e. The number of hydrogen-bond donors (Lipinski definition) is 2. The zero-order chi connectivity index (χ0) is 14.9. The molecule has 0 atom stereocenters. The van der Waals surface area contributed by atoms with Crippen molar-refractivity contribution in [1.82, 2.24) is 9.78 Å². The number of rotatable bonds is 3. The van der Waals surface area contributed by atoms with Crippen molar-refractivity contribution in [2.24, 2.45) is 10.9 Å². The molecule has 0 bridgehead atoms. The van der Waals surface area contributed by atoms with E-state index in [2.05, 4.69) is 10.3 Å². The highest BCUT2D eigenvalue weighted by atomic mass is 16.5. The average Bonchev–Trinajstić information content (AvgIpc) is 2.73. The zero-order valence-corrected chi connectivity index (χ0v) is 12.0. The molecule has 0 fully saturated rings. The van der Waals surface area contributed by atoms with Crippen molar-refractivity contribution < 1.29 is 9.94 Å². The van der Waals surface area contributed by atoms with E-state index >= 15 is 0 Å². The summed E-state index contributed by atoms with van der Waals surface area (Å²) in [4.78, 5) is 0. The first kappa shape index (κ1) is 13.9. The number of nitrogens with two attached hydrogens (primary N) is 1. The van der Waals surface area contributed by atoms with Gasteiger partial charge in [0.1, 0.15) is 5.75 Å². The quantitative estimate of drug-likeness (QED) is 0.387. The number of hydrogen-bond acceptors (Lipinski definition) is 4. The van der Waals surface area contributed by atoms with E-state index in [4.69, 9.17) is 15.7 Å². The molecule has 0 aliphatic carbocycles. The van der Waals surface area contributed by atoms with E-state index in [1.165, 1.54) is 0 Å². The minimum atomic E-state index is 0.0351. The Morgan fingerprint density at radius 3 is 2.55 bits per heavy atom. The molecule has 0 spiro atoms. The lowest BCUT2D eigenvalue weighted by molar-refractivity contribution is 0.318. The molecular weight excluding hydrogens is 256 g/mol. The van der Waals surface area contributed by atoms with E-state index in [1.54, 1.807) is 23.9 Å². The summed E-state index contributed by atoms with van der Waals surface area (Å²) in [6, 6.07) is 5.32. The van der Waals surface area contributed by atoms with Crippen LogP contribution in [0.1, 0.15) is 22.5 Å². The molecule has 1 aromatic heterocycles. The van der Waals surface area contributed by atoms with Gasteiger partial charge in [0, 0.05) is 17.3 Å². The largest absolute Gasteiger partial charge is 0.497 e.